The summed E-state index contributed by atoms with van der Waals surface area (Å²) in [5, 5.41) is 8.87. The second-order valence-corrected chi connectivity index (χ2v) is 4.57. The van der Waals surface area contributed by atoms with Crippen LogP contribution >= 0.6 is 0 Å². The maximum atomic E-state index is 11.8. The Kier molecular flexibility index (Phi) is 4.15. The van der Waals surface area contributed by atoms with Crippen LogP contribution in [0.15, 0.2) is 30.3 Å². The third kappa shape index (κ3) is 3.07. The van der Waals surface area contributed by atoms with Crippen LogP contribution in [-0.4, -0.2) is 28.6 Å². The van der Waals surface area contributed by atoms with Gasteiger partial charge in [0.2, 0.25) is 5.91 Å². The zero-order valence-electron chi connectivity index (χ0n) is 10.0. The second kappa shape index (κ2) is 5.82. The number of aliphatic hydroxyl groups excluding tert-OH is 1. The molecule has 92 valence electrons. The highest BCUT2D eigenvalue weighted by Gasteiger charge is 2.29. The Labute approximate surface area is 102 Å². The van der Waals surface area contributed by atoms with Crippen LogP contribution in [0.2, 0.25) is 0 Å². The highest BCUT2D eigenvalue weighted by molar-refractivity contribution is 5.78. The first-order chi connectivity index (χ1) is 8.31. The lowest BCUT2D eigenvalue weighted by Crippen LogP contribution is -2.32. The number of carbonyl (C=O) groups excluding carboxylic acids is 1. The van der Waals surface area contributed by atoms with Gasteiger partial charge >= 0.3 is 0 Å². The zero-order valence-corrected chi connectivity index (χ0v) is 10.0. The molecule has 1 unspecified atom stereocenters. The van der Waals surface area contributed by atoms with Crippen molar-refractivity contribution in [2.24, 2.45) is 0 Å². The molecule has 0 saturated carbocycles. The molecular formula is C14H19NO2. The Hall–Kier alpha value is -1.35. The lowest BCUT2D eigenvalue weighted by atomic mass is 10.1. The molecule has 1 fully saturated rings. The summed E-state index contributed by atoms with van der Waals surface area (Å²) in [7, 11) is 0. The maximum absolute atomic E-state index is 11.8. The third-order valence-electron chi connectivity index (χ3n) is 3.34. The van der Waals surface area contributed by atoms with Gasteiger partial charge in [-0.1, -0.05) is 30.3 Å². The van der Waals surface area contributed by atoms with Crippen LogP contribution in [0.25, 0.3) is 0 Å². The fraction of sp³-hybridized carbons (Fsp3) is 0.500. The van der Waals surface area contributed by atoms with Crippen molar-refractivity contribution in [3.63, 3.8) is 0 Å². The smallest absolute Gasteiger partial charge is 0.223 e. The standard InChI is InChI=1S/C14H19NO2/c16-10-4-7-13-8-9-14(17)15(13)11-12-5-2-1-3-6-12/h1-3,5-6,13,16H,4,7-11H2. The number of likely N-dealkylation sites (tertiary alicyclic amines) is 1. The third-order valence-corrected chi connectivity index (χ3v) is 3.34. The first-order valence-electron chi connectivity index (χ1n) is 6.25. The molecule has 1 aliphatic heterocycles. The molecule has 0 spiro atoms. The monoisotopic (exact) mass is 233 g/mol. The summed E-state index contributed by atoms with van der Waals surface area (Å²) in [5.74, 6) is 0.247. The SMILES string of the molecule is O=C1CCC(CCCO)N1Cc1ccccc1. The summed E-state index contributed by atoms with van der Waals surface area (Å²) in [6.07, 6.45) is 3.28. The van der Waals surface area contributed by atoms with Crippen molar-refractivity contribution >= 4 is 5.91 Å². The van der Waals surface area contributed by atoms with E-state index in [4.69, 9.17) is 5.11 Å². The van der Waals surface area contributed by atoms with Crippen molar-refractivity contribution < 1.29 is 9.90 Å². The molecule has 1 amide bonds. The summed E-state index contributed by atoms with van der Waals surface area (Å²) in [4.78, 5) is 13.8. The average molecular weight is 233 g/mol. The van der Waals surface area contributed by atoms with E-state index in [0.717, 1.165) is 19.3 Å². The fourth-order valence-corrected chi connectivity index (χ4v) is 2.42. The highest BCUT2D eigenvalue weighted by atomic mass is 16.3. The molecule has 1 atom stereocenters. The van der Waals surface area contributed by atoms with Crippen LogP contribution in [-0.2, 0) is 11.3 Å². The van der Waals surface area contributed by atoms with Crippen LogP contribution in [0.1, 0.15) is 31.2 Å². The van der Waals surface area contributed by atoms with E-state index in [0.29, 0.717) is 19.0 Å². The number of rotatable bonds is 5. The minimum atomic E-state index is 0.212. The van der Waals surface area contributed by atoms with Crippen molar-refractivity contribution in [1.29, 1.82) is 0 Å². The molecule has 1 saturated heterocycles. The van der Waals surface area contributed by atoms with Gasteiger partial charge in [0.1, 0.15) is 0 Å². The summed E-state index contributed by atoms with van der Waals surface area (Å²) >= 11 is 0. The van der Waals surface area contributed by atoms with Gasteiger partial charge < -0.3 is 10.0 Å². The van der Waals surface area contributed by atoms with Crippen molar-refractivity contribution in [3.05, 3.63) is 35.9 Å². The molecular weight excluding hydrogens is 214 g/mol. The quantitative estimate of drug-likeness (QED) is 0.844. The number of carbonyl (C=O) groups is 1. The van der Waals surface area contributed by atoms with Crippen LogP contribution in [0.4, 0.5) is 0 Å². The lowest BCUT2D eigenvalue weighted by Gasteiger charge is -2.24. The van der Waals surface area contributed by atoms with Crippen LogP contribution in [0.3, 0.4) is 0 Å². The van der Waals surface area contributed by atoms with Crippen LogP contribution < -0.4 is 0 Å². The lowest BCUT2D eigenvalue weighted by molar-refractivity contribution is -0.129. The molecule has 0 radical (unpaired) electrons. The van der Waals surface area contributed by atoms with Crippen molar-refractivity contribution in [1.82, 2.24) is 4.90 Å². The van der Waals surface area contributed by atoms with Gasteiger partial charge in [0, 0.05) is 25.6 Å². The second-order valence-electron chi connectivity index (χ2n) is 4.57. The number of hydrogen-bond donors (Lipinski definition) is 1. The van der Waals surface area contributed by atoms with E-state index >= 15 is 0 Å². The average Bonchev–Trinajstić information content (AvgIpc) is 2.70. The molecule has 2 rings (SSSR count). The first kappa shape index (κ1) is 12.1. The summed E-state index contributed by atoms with van der Waals surface area (Å²) in [6.45, 7) is 0.916. The van der Waals surface area contributed by atoms with Gasteiger partial charge in [-0.3, -0.25) is 4.79 Å². The van der Waals surface area contributed by atoms with Gasteiger partial charge in [0.05, 0.1) is 0 Å². The molecule has 1 aliphatic rings. The normalized spacial score (nSPS) is 19.9. The van der Waals surface area contributed by atoms with Gasteiger partial charge in [-0.05, 0) is 24.8 Å². The van der Waals surface area contributed by atoms with Gasteiger partial charge in [0.15, 0.2) is 0 Å². The van der Waals surface area contributed by atoms with E-state index in [9.17, 15) is 4.79 Å². The van der Waals surface area contributed by atoms with E-state index in [1.807, 2.05) is 23.1 Å². The number of aliphatic hydroxyl groups is 1. The highest BCUT2D eigenvalue weighted by Crippen LogP contribution is 2.24. The number of nitrogens with zero attached hydrogens (tertiary/aromatic N) is 1. The molecule has 0 aliphatic carbocycles. The Morgan fingerprint density at radius 1 is 1.29 bits per heavy atom. The summed E-state index contributed by atoms with van der Waals surface area (Å²) < 4.78 is 0. The first-order valence-corrected chi connectivity index (χ1v) is 6.25. The molecule has 1 N–H and O–H groups in total. The van der Waals surface area contributed by atoms with Crippen LogP contribution in [0.5, 0.6) is 0 Å². The molecule has 17 heavy (non-hydrogen) atoms. The van der Waals surface area contributed by atoms with Crippen molar-refractivity contribution in [2.45, 2.75) is 38.3 Å². The number of amides is 1. The molecule has 1 aromatic carbocycles. The number of hydrogen-bond acceptors (Lipinski definition) is 2. The van der Waals surface area contributed by atoms with E-state index in [1.165, 1.54) is 5.56 Å². The zero-order chi connectivity index (χ0) is 12.1. The summed E-state index contributed by atoms with van der Waals surface area (Å²) in [5.41, 5.74) is 1.18. The summed E-state index contributed by atoms with van der Waals surface area (Å²) in [6, 6.07) is 10.4. The Morgan fingerprint density at radius 3 is 2.76 bits per heavy atom. The minimum Gasteiger partial charge on any atom is -0.396 e. The number of benzene rings is 1. The van der Waals surface area contributed by atoms with Gasteiger partial charge in [-0.2, -0.15) is 0 Å². The Bertz CT molecular complexity index is 364. The van der Waals surface area contributed by atoms with E-state index in [2.05, 4.69) is 12.1 Å². The van der Waals surface area contributed by atoms with Crippen molar-refractivity contribution in [3.8, 4) is 0 Å². The van der Waals surface area contributed by atoms with E-state index in [1.54, 1.807) is 0 Å². The molecule has 3 nitrogen and oxygen atoms in total. The Balaban J connectivity index is 1.99. The predicted octanol–water partition coefficient (Wildman–Crippen LogP) is 1.95. The molecule has 1 aromatic rings. The van der Waals surface area contributed by atoms with Gasteiger partial charge in [-0.25, -0.2) is 0 Å². The maximum Gasteiger partial charge on any atom is 0.223 e. The van der Waals surface area contributed by atoms with Gasteiger partial charge in [0.25, 0.3) is 0 Å². The van der Waals surface area contributed by atoms with Crippen LogP contribution in [0, 0.1) is 0 Å². The molecule has 0 bridgehead atoms. The topological polar surface area (TPSA) is 40.5 Å². The van der Waals surface area contributed by atoms with E-state index < -0.39 is 0 Å². The Morgan fingerprint density at radius 2 is 2.06 bits per heavy atom. The van der Waals surface area contributed by atoms with Crippen molar-refractivity contribution in [2.75, 3.05) is 6.61 Å². The fourth-order valence-electron chi connectivity index (χ4n) is 2.42. The molecule has 3 heteroatoms. The molecule has 1 heterocycles. The van der Waals surface area contributed by atoms with E-state index in [-0.39, 0.29) is 12.5 Å². The predicted molar refractivity (Wildman–Crippen MR) is 66.3 cm³/mol. The largest absolute Gasteiger partial charge is 0.396 e. The molecule has 0 aromatic heterocycles. The van der Waals surface area contributed by atoms with Gasteiger partial charge in [-0.15, -0.1) is 0 Å². The minimum absolute atomic E-state index is 0.212.